The average molecular weight is 249 g/mol. The minimum Gasteiger partial charge on any atom is -0.378 e. The first kappa shape index (κ1) is 13.2. The van der Waals surface area contributed by atoms with E-state index in [9.17, 15) is 0 Å². The van der Waals surface area contributed by atoms with Crippen molar-refractivity contribution in [3.05, 3.63) is 91.0 Å². The number of para-hydroxylation sites is 1. The number of hydrogen-bond acceptors (Lipinski definition) is 1. The van der Waals surface area contributed by atoms with Crippen LogP contribution >= 0.6 is 0 Å². The van der Waals surface area contributed by atoms with Crippen LogP contribution in [0.25, 0.3) is 0 Å². The molecule has 0 amide bonds. The molecule has 2 aromatic rings. The SMILES string of the molecule is C=C/C=C/CC(Nc1ccccc1)c1ccccc1. The molecule has 0 bridgehead atoms. The number of anilines is 1. The molecule has 0 heterocycles. The molecule has 1 unspecified atom stereocenters. The van der Waals surface area contributed by atoms with Crippen LogP contribution in [0.15, 0.2) is 85.5 Å². The predicted octanol–water partition coefficient (Wildman–Crippen LogP) is 4.97. The molecule has 2 aromatic carbocycles. The van der Waals surface area contributed by atoms with Gasteiger partial charge in [0.1, 0.15) is 0 Å². The molecule has 1 nitrogen and oxygen atoms in total. The second-order valence-electron chi connectivity index (χ2n) is 4.37. The zero-order chi connectivity index (χ0) is 13.3. The van der Waals surface area contributed by atoms with Gasteiger partial charge in [0, 0.05) is 5.69 Å². The number of nitrogens with one attached hydrogen (secondary N) is 1. The Balaban J connectivity index is 2.15. The normalized spacial score (nSPS) is 12.2. The third kappa shape index (κ3) is 4.14. The summed E-state index contributed by atoms with van der Waals surface area (Å²) in [5.41, 5.74) is 2.43. The van der Waals surface area contributed by atoms with Gasteiger partial charge in [-0.2, -0.15) is 0 Å². The number of allylic oxidation sites excluding steroid dienone is 2. The van der Waals surface area contributed by atoms with Crippen LogP contribution in [0.2, 0.25) is 0 Å². The first-order chi connectivity index (χ1) is 9.40. The average Bonchev–Trinajstić information content (AvgIpc) is 2.48. The molecule has 1 heteroatoms. The molecule has 96 valence electrons. The number of hydrogen-bond donors (Lipinski definition) is 1. The lowest BCUT2D eigenvalue weighted by atomic mass is 10.0. The van der Waals surface area contributed by atoms with Crippen molar-refractivity contribution in [3.63, 3.8) is 0 Å². The molecule has 0 radical (unpaired) electrons. The van der Waals surface area contributed by atoms with E-state index in [1.807, 2.05) is 36.4 Å². The van der Waals surface area contributed by atoms with Crippen molar-refractivity contribution < 1.29 is 0 Å². The molecule has 0 aromatic heterocycles. The third-order valence-electron chi connectivity index (χ3n) is 2.96. The highest BCUT2D eigenvalue weighted by atomic mass is 14.9. The van der Waals surface area contributed by atoms with Crippen LogP contribution < -0.4 is 5.32 Å². The van der Waals surface area contributed by atoms with Crippen LogP contribution in [0.5, 0.6) is 0 Å². The van der Waals surface area contributed by atoms with E-state index < -0.39 is 0 Å². The summed E-state index contributed by atoms with van der Waals surface area (Å²) in [6.07, 6.45) is 6.87. The van der Waals surface area contributed by atoms with Crippen LogP contribution in [0.4, 0.5) is 5.69 Å². The lowest BCUT2D eigenvalue weighted by Crippen LogP contribution is -2.09. The van der Waals surface area contributed by atoms with E-state index in [1.165, 1.54) is 5.56 Å². The van der Waals surface area contributed by atoms with Crippen molar-refractivity contribution in [2.45, 2.75) is 12.5 Å². The smallest absolute Gasteiger partial charge is 0.0548 e. The molecule has 0 saturated heterocycles. The zero-order valence-electron chi connectivity index (χ0n) is 11.0. The quantitative estimate of drug-likeness (QED) is 0.712. The van der Waals surface area contributed by atoms with Crippen LogP contribution in [-0.2, 0) is 0 Å². The Kier molecular flexibility index (Phi) is 5.00. The molecule has 0 aliphatic rings. The van der Waals surface area contributed by atoms with Gasteiger partial charge in [-0.1, -0.05) is 73.3 Å². The second-order valence-corrected chi connectivity index (χ2v) is 4.37. The molecule has 0 fully saturated rings. The Labute approximate surface area is 115 Å². The maximum absolute atomic E-state index is 3.71. The van der Waals surface area contributed by atoms with E-state index in [4.69, 9.17) is 0 Å². The van der Waals surface area contributed by atoms with Gasteiger partial charge in [-0.3, -0.25) is 0 Å². The van der Waals surface area contributed by atoms with E-state index in [0.29, 0.717) is 0 Å². The Hall–Kier alpha value is -2.28. The Bertz CT molecular complexity index is 514. The largest absolute Gasteiger partial charge is 0.378 e. The fourth-order valence-electron chi connectivity index (χ4n) is 2.01. The van der Waals surface area contributed by atoms with E-state index >= 15 is 0 Å². The molecular formula is C18H19N. The monoisotopic (exact) mass is 249 g/mol. The van der Waals surface area contributed by atoms with Crippen LogP contribution in [0.3, 0.4) is 0 Å². The Morgan fingerprint density at radius 3 is 2.21 bits per heavy atom. The van der Waals surface area contributed by atoms with Crippen LogP contribution in [-0.4, -0.2) is 0 Å². The maximum Gasteiger partial charge on any atom is 0.0548 e. The van der Waals surface area contributed by atoms with E-state index in [0.717, 1.165) is 12.1 Å². The van der Waals surface area contributed by atoms with Crippen molar-refractivity contribution in [2.75, 3.05) is 5.32 Å². The van der Waals surface area contributed by atoms with Gasteiger partial charge < -0.3 is 5.32 Å². The van der Waals surface area contributed by atoms with Crippen LogP contribution in [0.1, 0.15) is 18.0 Å². The van der Waals surface area contributed by atoms with Gasteiger partial charge in [0.15, 0.2) is 0 Å². The fraction of sp³-hybridized carbons (Fsp3) is 0.111. The lowest BCUT2D eigenvalue weighted by molar-refractivity contribution is 0.798. The molecule has 19 heavy (non-hydrogen) atoms. The summed E-state index contributed by atoms with van der Waals surface area (Å²) < 4.78 is 0. The summed E-state index contributed by atoms with van der Waals surface area (Å²) in [5, 5.41) is 3.57. The van der Waals surface area contributed by atoms with Gasteiger partial charge in [-0.05, 0) is 24.1 Å². The molecule has 0 aliphatic heterocycles. The van der Waals surface area contributed by atoms with Gasteiger partial charge in [0.25, 0.3) is 0 Å². The zero-order valence-corrected chi connectivity index (χ0v) is 11.0. The van der Waals surface area contributed by atoms with Gasteiger partial charge in [-0.25, -0.2) is 0 Å². The standard InChI is InChI=1S/C18H19N/c1-2-3-6-15-18(16-11-7-4-8-12-16)19-17-13-9-5-10-14-17/h2-14,18-19H,1,15H2/b6-3+. The van der Waals surface area contributed by atoms with Crippen molar-refractivity contribution >= 4 is 5.69 Å². The summed E-state index contributed by atoms with van der Waals surface area (Å²) in [7, 11) is 0. The molecular weight excluding hydrogens is 230 g/mol. The highest BCUT2D eigenvalue weighted by Gasteiger charge is 2.08. The van der Waals surface area contributed by atoms with Crippen molar-refractivity contribution in [2.24, 2.45) is 0 Å². The summed E-state index contributed by atoms with van der Waals surface area (Å²) in [4.78, 5) is 0. The maximum atomic E-state index is 3.71. The van der Waals surface area contributed by atoms with Gasteiger partial charge >= 0.3 is 0 Å². The van der Waals surface area contributed by atoms with Gasteiger partial charge in [-0.15, -0.1) is 0 Å². The molecule has 1 N–H and O–H groups in total. The summed E-state index contributed by atoms with van der Waals surface area (Å²) in [6.45, 7) is 3.71. The lowest BCUT2D eigenvalue weighted by Gasteiger charge is -2.19. The fourth-order valence-corrected chi connectivity index (χ4v) is 2.01. The summed E-state index contributed by atoms with van der Waals surface area (Å²) in [6, 6.07) is 21.1. The molecule has 0 saturated carbocycles. The minimum absolute atomic E-state index is 0.278. The molecule has 2 rings (SSSR count). The van der Waals surface area contributed by atoms with Gasteiger partial charge in [0.2, 0.25) is 0 Å². The summed E-state index contributed by atoms with van der Waals surface area (Å²) >= 11 is 0. The first-order valence-electron chi connectivity index (χ1n) is 6.54. The molecule has 1 atom stereocenters. The summed E-state index contributed by atoms with van der Waals surface area (Å²) in [5.74, 6) is 0. The minimum atomic E-state index is 0.278. The first-order valence-corrected chi connectivity index (χ1v) is 6.54. The molecule has 0 aliphatic carbocycles. The second kappa shape index (κ2) is 7.22. The predicted molar refractivity (Wildman–Crippen MR) is 83.2 cm³/mol. The molecule has 0 spiro atoms. The highest BCUT2D eigenvalue weighted by Crippen LogP contribution is 2.22. The van der Waals surface area contributed by atoms with Gasteiger partial charge in [0.05, 0.1) is 6.04 Å². The third-order valence-corrected chi connectivity index (χ3v) is 2.96. The van der Waals surface area contributed by atoms with E-state index in [-0.39, 0.29) is 6.04 Å². The van der Waals surface area contributed by atoms with E-state index in [2.05, 4.69) is 54.4 Å². The van der Waals surface area contributed by atoms with Crippen molar-refractivity contribution in [1.82, 2.24) is 0 Å². The number of rotatable bonds is 6. The van der Waals surface area contributed by atoms with Crippen LogP contribution in [0, 0.1) is 0 Å². The Morgan fingerprint density at radius 2 is 1.58 bits per heavy atom. The highest BCUT2D eigenvalue weighted by molar-refractivity contribution is 5.45. The van der Waals surface area contributed by atoms with Crippen molar-refractivity contribution in [1.29, 1.82) is 0 Å². The van der Waals surface area contributed by atoms with E-state index in [1.54, 1.807) is 0 Å². The van der Waals surface area contributed by atoms with Crippen molar-refractivity contribution in [3.8, 4) is 0 Å². The topological polar surface area (TPSA) is 12.0 Å². The number of benzene rings is 2. The Morgan fingerprint density at radius 1 is 0.947 bits per heavy atom.